The highest BCUT2D eigenvalue weighted by atomic mass is 32.2. The van der Waals surface area contributed by atoms with E-state index < -0.39 is 21.9 Å². The van der Waals surface area contributed by atoms with E-state index in [1.807, 2.05) is 0 Å². The highest BCUT2D eigenvalue weighted by molar-refractivity contribution is 7.89. The molecule has 1 amide bonds. The first kappa shape index (κ1) is 19.2. The number of hydrogen-bond acceptors (Lipinski definition) is 5. The van der Waals surface area contributed by atoms with Gasteiger partial charge in [0.2, 0.25) is 10.0 Å². The van der Waals surface area contributed by atoms with Crippen molar-refractivity contribution in [2.75, 3.05) is 32.5 Å². The zero-order valence-electron chi connectivity index (χ0n) is 14.0. The van der Waals surface area contributed by atoms with Crippen molar-refractivity contribution in [2.45, 2.75) is 12.8 Å². The Morgan fingerprint density at radius 3 is 2.60 bits per heavy atom. The summed E-state index contributed by atoms with van der Waals surface area (Å²) >= 11 is 0. The monoisotopic (exact) mass is 370 g/mol. The van der Waals surface area contributed by atoms with Crippen LogP contribution in [0.1, 0.15) is 23.2 Å². The Morgan fingerprint density at radius 2 is 2.00 bits per heavy atom. The molecule has 0 atom stereocenters. The van der Waals surface area contributed by atoms with Crippen LogP contribution in [-0.2, 0) is 14.8 Å². The number of rotatable bonds is 7. The van der Waals surface area contributed by atoms with Crippen molar-refractivity contribution in [3.63, 3.8) is 0 Å². The van der Waals surface area contributed by atoms with E-state index in [9.17, 15) is 18.0 Å². The molecule has 2 N–H and O–H groups in total. The number of hydrogen-bond donors (Lipinski definition) is 2. The minimum atomic E-state index is -3.52. The average Bonchev–Trinajstić information content (AvgIpc) is 2.61. The minimum Gasteiger partial charge on any atom is -0.497 e. The van der Waals surface area contributed by atoms with Gasteiger partial charge in [-0.2, -0.15) is 0 Å². The van der Waals surface area contributed by atoms with E-state index in [0.29, 0.717) is 24.2 Å². The molecule has 1 aliphatic heterocycles. The Hall–Kier alpha value is -2.13. The lowest BCUT2D eigenvalue weighted by Crippen LogP contribution is -2.43. The zero-order valence-corrected chi connectivity index (χ0v) is 14.8. The number of aliphatic carboxylic acids is 1. The summed E-state index contributed by atoms with van der Waals surface area (Å²) in [4.78, 5) is 23.0. The van der Waals surface area contributed by atoms with Crippen LogP contribution in [0.4, 0.5) is 0 Å². The zero-order chi connectivity index (χ0) is 18.4. The standard InChI is InChI=1S/C16H22N2O6S/c1-24-14-4-2-3-13(11-14)15(19)17-7-10-25(22,23)18-8-5-12(6-9-18)16(20)21/h2-4,11-12H,5-10H2,1H3,(H,17,19)(H,20,21). The molecule has 2 rings (SSSR count). The molecule has 0 saturated carbocycles. The van der Waals surface area contributed by atoms with Gasteiger partial charge in [0, 0.05) is 25.2 Å². The Balaban J connectivity index is 1.84. The van der Waals surface area contributed by atoms with Crippen molar-refractivity contribution in [1.29, 1.82) is 0 Å². The third-order valence-electron chi connectivity index (χ3n) is 4.17. The van der Waals surface area contributed by atoms with Crippen LogP contribution in [0.25, 0.3) is 0 Å². The van der Waals surface area contributed by atoms with Gasteiger partial charge in [-0.3, -0.25) is 9.59 Å². The molecule has 1 saturated heterocycles. The van der Waals surface area contributed by atoms with Crippen molar-refractivity contribution in [2.24, 2.45) is 5.92 Å². The summed E-state index contributed by atoms with van der Waals surface area (Å²) in [6.07, 6.45) is 0.621. The van der Waals surface area contributed by atoms with Gasteiger partial charge in [-0.15, -0.1) is 0 Å². The van der Waals surface area contributed by atoms with E-state index in [4.69, 9.17) is 9.84 Å². The van der Waals surface area contributed by atoms with Gasteiger partial charge in [-0.1, -0.05) is 6.07 Å². The van der Waals surface area contributed by atoms with E-state index in [0.717, 1.165) is 0 Å². The molecule has 9 heteroatoms. The molecule has 0 radical (unpaired) electrons. The molecule has 0 spiro atoms. The quantitative estimate of drug-likeness (QED) is 0.725. The van der Waals surface area contributed by atoms with Crippen LogP contribution >= 0.6 is 0 Å². The van der Waals surface area contributed by atoms with Crippen LogP contribution in [-0.4, -0.2) is 62.2 Å². The van der Waals surface area contributed by atoms with Crippen LogP contribution in [0.2, 0.25) is 0 Å². The van der Waals surface area contributed by atoms with Crippen LogP contribution in [0.5, 0.6) is 5.75 Å². The molecule has 1 fully saturated rings. The minimum absolute atomic E-state index is 0.0166. The lowest BCUT2D eigenvalue weighted by molar-refractivity contribution is -0.142. The lowest BCUT2D eigenvalue weighted by Gasteiger charge is -2.29. The van der Waals surface area contributed by atoms with Gasteiger partial charge in [0.25, 0.3) is 5.91 Å². The van der Waals surface area contributed by atoms with Gasteiger partial charge in [0.15, 0.2) is 0 Å². The van der Waals surface area contributed by atoms with Gasteiger partial charge in [-0.05, 0) is 31.0 Å². The molecular formula is C16H22N2O6S. The Morgan fingerprint density at radius 1 is 1.32 bits per heavy atom. The number of piperidine rings is 1. The van der Waals surface area contributed by atoms with E-state index in [2.05, 4.69) is 5.32 Å². The number of nitrogens with zero attached hydrogens (tertiary/aromatic N) is 1. The summed E-state index contributed by atoms with van der Waals surface area (Å²) in [5.74, 6) is -1.43. The SMILES string of the molecule is COc1cccc(C(=O)NCCS(=O)(=O)N2CCC(C(=O)O)CC2)c1. The number of carbonyl (C=O) groups is 2. The molecule has 8 nitrogen and oxygen atoms in total. The Labute approximate surface area is 146 Å². The topological polar surface area (TPSA) is 113 Å². The Bertz CT molecular complexity index is 726. The van der Waals surface area contributed by atoms with Gasteiger partial charge < -0.3 is 15.2 Å². The summed E-state index contributed by atoms with van der Waals surface area (Å²) in [5, 5.41) is 11.5. The molecule has 1 aromatic rings. The van der Waals surface area contributed by atoms with Crippen molar-refractivity contribution < 1.29 is 27.9 Å². The largest absolute Gasteiger partial charge is 0.497 e. The smallest absolute Gasteiger partial charge is 0.306 e. The third kappa shape index (κ3) is 5.17. The molecule has 138 valence electrons. The van der Waals surface area contributed by atoms with Crippen molar-refractivity contribution >= 4 is 21.9 Å². The third-order valence-corrected chi connectivity index (χ3v) is 6.05. The summed E-state index contributed by atoms with van der Waals surface area (Å²) in [6.45, 7) is 0.378. The molecule has 0 bridgehead atoms. The summed E-state index contributed by atoms with van der Waals surface area (Å²) in [5.41, 5.74) is 0.388. The first-order valence-electron chi connectivity index (χ1n) is 7.96. The fraction of sp³-hybridized carbons (Fsp3) is 0.500. The Kier molecular flexibility index (Phi) is 6.38. The van der Waals surface area contributed by atoms with Crippen LogP contribution < -0.4 is 10.1 Å². The fourth-order valence-corrected chi connectivity index (χ4v) is 4.06. The van der Waals surface area contributed by atoms with Gasteiger partial charge in [0.1, 0.15) is 5.75 Å². The van der Waals surface area contributed by atoms with E-state index >= 15 is 0 Å². The maximum absolute atomic E-state index is 12.3. The number of carboxylic acid groups (broad SMARTS) is 1. The van der Waals surface area contributed by atoms with Crippen molar-refractivity contribution in [3.8, 4) is 5.75 Å². The summed E-state index contributed by atoms with van der Waals surface area (Å²) in [6, 6.07) is 6.57. The lowest BCUT2D eigenvalue weighted by atomic mass is 9.99. The van der Waals surface area contributed by atoms with E-state index in [1.165, 1.54) is 11.4 Å². The first-order valence-corrected chi connectivity index (χ1v) is 9.57. The number of nitrogens with one attached hydrogen (secondary N) is 1. The number of carbonyl (C=O) groups excluding carboxylic acids is 1. The predicted molar refractivity (Wildman–Crippen MR) is 91.0 cm³/mol. The molecule has 0 aliphatic carbocycles. The van der Waals surface area contributed by atoms with Crippen molar-refractivity contribution in [1.82, 2.24) is 9.62 Å². The van der Waals surface area contributed by atoms with Crippen LogP contribution in [0.3, 0.4) is 0 Å². The molecule has 0 unspecified atom stereocenters. The second-order valence-corrected chi connectivity index (χ2v) is 7.90. The number of ether oxygens (including phenoxy) is 1. The number of benzene rings is 1. The van der Waals surface area contributed by atoms with Gasteiger partial charge >= 0.3 is 5.97 Å². The molecule has 1 heterocycles. The number of carboxylic acids is 1. The predicted octanol–water partition coefficient (Wildman–Crippen LogP) is 0.551. The number of sulfonamides is 1. The second-order valence-electron chi connectivity index (χ2n) is 5.82. The average molecular weight is 370 g/mol. The molecule has 0 aromatic heterocycles. The normalized spacial score (nSPS) is 16.4. The summed E-state index contributed by atoms with van der Waals surface area (Å²) < 4.78 is 30.9. The maximum Gasteiger partial charge on any atom is 0.306 e. The van der Waals surface area contributed by atoms with Crippen molar-refractivity contribution in [3.05, 3.63) is 29.8 Å². The van der Waals surface area contributed by atoms with E-state index in [-0.39, 0.29) is 31.3 Å². The maximum atomic E-state index is 12.3. The van der Waals surface area contributed by atoms with Crippen LogP contribution in [0, 0.1) is 5.92 Å². The van der Waals surface area contributed by atoms with Gasteiger partial charge in [-0.25, -0.2) is 12.7 Å². The molecule has 1 aromatic carbocycles. The highest BCUT2D eigenvalue weighted by Crippen LogP contribution is 2.19. The van der Waals surface area contributed by atoms with Gasteiger partial charge in [0.05, 0.1) is 18.8 Å². The number of methoxy groups -OCH3 is 1. The second kappa shape index (κ2) is 8.30. The summed E-state index contributed by atoms with van der Waals surface area (Å²) in [7, 11) is -2.03. The first-order chi connectivity index (χ1) is 11.8. The van der Waals surface area contributed by atoms with Crippen LogP contribution in [0.15, 0.2) is 24.3 Å². The fourth-order valence-electron chi connectivity index (χ4n) is 2.67. The highest BCUT2D eigenvalue weighted by Gasteiger charge is 2.30. The molecular weight excluding hydrogens is 348 g/mol. The number of amides is 1. The van der Waals surface area contributed by atoms with E-state index in [1.54, 1.807) is 24.3 Å². The molecule has 25 heavy (non-hydrogen) atoms. The molecule has 1 aliphatic rings.